The number of hydrogen-bond acceptors (Lipinski definition) is 1. The van der Waals surface area contributed by atoms with Gasteiger partial charge < -0.3 is 9.88 Å². The summed E-state index contributed by atoms with van der Waals surface area (Å²) in [6.07, 6.45) is 2.74. The molecule has 3 aromatic carbocycles. The lowest BCUT2D eigenvalue weighted by Gasteiger charge is -2.32. The number of benzene rings is 3. The van der Waals surface area contributed by atoms with E-state index in [1.54, 1.807) is 0 Å². The summed E-state index contributed by atoms with van der Waals surface area (Å²) in [4.78, 5) is 18.9. The largest absolute Gasteiger partial charge is 0.361 e. The van der Waals surface area contributed by atoms with Gasteiger partial charge in [-0.15, -0.1) is 0 Å². The van der Waals surface area contributed by atoms with E-state index in [9.17, 15) is 4.79 Å². The van der Waals surface area contributed by atoms with Gasteiger partial charge in [-0.05, 0) is 47.9 Å². The van der Waals surface area contributed by atoms with Crippen molar-refractivity contribution in [3.63, 3.8) is 0 Å². The van der Waals surface area contributed by atoms with Crippen molar-refractivity contribution in [2.24, 2.45) is 0 Å². The van der Waals surface area contributed by atoms with Gasteiger partial charge in [0.1, 0.15) is 0 Å². The fourth-order valence-corrected chi connectivity index (χ4v) is 4.21. The number of nitrogens with one attached hydrogen (secondary N) is 1. The van der Waals surface area contributed by atoms with Crippen molar-refractivity contribution in [2.45, 2.75) is 25.9 Å². The summed E-state index contributed by atoms with van der Waals surface area (Å²) in [5.41, 5.74) is 3.99. The predicted octanol–water partition coefficient (Wildman–Crippen LogP) is 6.72. The van der Waals surface area contributed by atoms with E-state index in [1.807, 2.05) is 71.8 Å². The summed E-state index contributed by atoms with van der Waals surface area (Å²) in [7, 11) is 0. The van der Waals surface area contributed by atoms with Crippen molar-refractivity contribution in [3.8, 4) is 0 Å². The minimum absolute atomic E-state index is 0.00210. The van der Waals surface area contributed by atoms with Gasteiger partial charge in [0.15, 0.2) is 0 Å². The maximum atomic E-state index is 13.7. The Morgan fingerprint density at radius 1 is 1.00 bits per heavy atom. The number of aromatic nitrogens is 1. The van der Waals surface area contributed by atoms with Crippen LogP contribution in [0.25, 0.3) is 10.9 Å². The molecule has 1 aromatic heterocycles. The quantitative estimate of drug-likeness (QED) is 0.350. The van der Waals surface area contributed by atoms with Gasteiger partial charge in [-0.2, -0.15) is 0 Å². The first-order chi connectivity index (χ1) is 14.2. The Morgan fingerprint density at radius 3 is 2.52 bits per heavy atom. The molecule has 1 amide bonds. The van der Waals surface area contributed by atoms with E-state index in [4.69, 9.17) is 0 Å². The van der Waals surface area contributed by atoms with Gasteiger partial charge in [-0.1, -0.05) is 71.4 Å². The fraction of sp³-hybridized carbons (Fsp3) is 0.160. The van der Waals surface area contributed by atoms with Crippen molar-refractivity contribution in [2.75, 3.05) is 0 Å². The number of halogens is 1. The van der Waals surface area contributed by atoms with Crippen molar-refractivity contribution in [3.05, 3.63) is 106 Å². The van der Waals surface area contributed by atoms with E-state index < -0.39 is 0 Å². The fourth-order valence-electron chi connectivity index (χ4n) is 3.80. The van der Waals surface area contributed by atoms with Crippen LogP contribution in [0.3, 0.4) is 0 Å². The molecule has 0 bridgehead atoms. The molecular weight excluding hydrogens is 424 g/mol. The molecule has 1 atom stereocenters. The summed E-state index contributed by atoms with van der Waals surface area (Å²) < 4.78 is 1.02. The molecule has 4 aromatic rings. The van der Waals surface area contributed by atoms with Crippen LogP contribution < -0.4 is 0 Å². The average molecular weight is 447 g/mol. The maximum absolute atomic E-state index is 13.7. The third kappa shape index (κ3) is 4.13. The Bertz CT molecular complexity index is 1120. The van der Waals surface area contributed by atoms with Crippen LogP contribution in [0.2, 0.25) is 0 Å². The zero-order valence-corrected chi connectivity index (χ0v) is 17.9. The number of hydrogen-bond donors (Lipinski definition) is 1. The lowest BCUT2D eigenvalue weighted by Crippen LogP contribution is -2.34. The van der Waals surface area contributed by atoms with Crippen molar-refractivity contribution < 1.29 is 4.79 Å². The highest BCUT2D eigenvalue weighted by Gasteiger charge is 2.26. The van der Waals surface area contributed by atoms with Gasteiger partial charge in [-0.25, -0.2) is 0 Å². The highest BCUT2D eigenvalue weighted by atomic mass is 79.9. The van der Waals surface area contributed by atoms with Gasteiger partial charge in [0.25, 0.3) is 5.91 Å². The van der Waals surface area contributed by atoms with Crippen LogP contribution in [0.5, 0.6) is 0 Å². The van der Waals surface area contributed by atoms with Crippen LogP contribution in [0.15, 0.2) is 89.5 Å². The standard InChI is InChI=1S/C25H23BrN2O/c1-2-24(18-8-4-3-5-9-18)28(17-21-10-6-7-11-22(21)26)25(29)20-12-13-23-19(16-20)14-15-27-23/h3-16,24,27H,2,17H2,1H3. The molecule has 4 rings (SSSR count). The molecule has 0 fully saturated rings. The predicted molar refractivity (Wildman–Crippen MR) is 122 cm³/mol. The number of rotatable bonds is 6. The minimum atomic E-state index is -0.00210. The molecule has 1 unspecified atom stereocenters. The smallest absolute Gasteiger partial charge is 0.254 e. The van der Waals surface area contributed by atoms with Crippen molar-refractivity contribution >= 4 is 32.7 Å². The molecule has 0 saturated carbocycles. The highest BCUT2D eigenvalue weighted by Crippen LogP contribution is 2.30. The molecule has 4 heteroatoms. The van der Waals surface area contributed by atoms with Gasteiger partial charge >= 0.3 is 0 Å². The topological polar surface area (TPSA) is 36.1 Å². The summed E-state index contributed by atoms with van der Waals surface area (Å²) in [5, 5.41) is 1.05. The van der Waals surface area contributed by atoms with E-state index in [0.717, 1.165) is 32.9 Å². The van der Waals surface area contributed by atoms with Gasteiger partial charge in [-0.3, -0.25) is 4.79 Å². The number of fused-ring (bicyclic) bond motifs is 1. The number of amides is 1. The second-order valence-corrected chi connectivity index (χ2v) is 7.99. The average Bonchev–Trinajstić information content (AvgIpc) is 3.23. The third-order valence-corrected chi connectivity index (χ3v) is 6.08. The van der Waals surface area contributed by atoms with Gasteiger partial charge in [0, 0.05) is 33.7 Å². The molecule has 0 aliphatic carbocycles. The zero-order chi connectivity index (χ0) is 20.2. The van der Waals surface area contributed by atoms with Gasteiger partial charge in [0.05, 0.1) is 6.04 Å². The highest BCUT2D eigenvalue weighted by molar-refractivity contribution is 9.10. The van der Waals surface area contributed by atoms with Crippen molar-refractivity contribution in [1.82, 2.24) is 9.88 Å². The Labute approximate surface area is 179 Å². The molecule has 29 heavy (non-hydrogen) atoms. The van der Waals surface area contributed by atoms with Gasteiger partial charge in [0.2, 0.25) is 0 Å². The molecule has 0 radical (unpaired) electrons. The second-order valence-electron chi connectivity index (χ2n) is 7.14. The van der Waals surface area contributed by atoms with E-state index in [2.05, 4.69) is 46.0 Å². The molecule has 1 N–H and O–H groups in total. The molecule has 146 valence electrons. The monoisotopic (exact) mass is 446 g/mol. The number of aromatic amines is 1. The Balaban J connectivity index is 1.75. The summed E-state index contributed by atoms with van der Waals surface area (Å²) >= 11 is 3.64. The Kier molecular flexibility index (Phi) is 5.81. The third-order valence-electron chi connectivity index (χ3n) is 5.31. The number of carbonyl (C=O) groups is 1. The second kappa shape index (κ2) is 8.66. The van der Waals surface area contributed by atoms with Crippen LogP contribution in [0.4, 0.5) is 0 Å². The van der Waals surface area contributed by atoms with E-state index in [-0.39, 0.29) is 11.9 Å². The minimum Gasteiger partial charge on any atom is -0.361 e. The Morgan fingerprint density at radius 2 is 1.76 bits per heavy atom. The number of nitrogens with zero attached hydrogens (tertiary/aromatic N) is 1. The maximum Gasteiger partial charge on any atom is 0.254 e. The number of carbonyl (C=O) groups excluding carboxylic acids is 1. The molecule has 0 spiro atoms. The summed E-state index contributed by atoms with van der Waals surface area (Å²) in [5.74, 6) is 0.0413. The molecule has 0 aliphatic rings. The van der Waals surface area contributed by atoms with E-state index >= 15 is 0 Å². The van der Waals surface area contributed by atoms with Crippen LogP contribution in [-0.4, -0.2) is 15.8 Å². The van der Waals surface area contributed by atoms with Crippen LogP contribution >= 0.6 is 15.9 Å². The molecule has 0 saturated heterocycles. The first kappa shape index (κ1) is 19.5. The Hall–Kier alpha value is -2.85. The van der Waals surface area contributed by atoms with Crippen LogP contribution in [0.1, 0.15) is 40.9 Å². The number of H-pyrrole nitrogens is 1. The van der Waals surface area contributed by atoms with E-state index in [1.165, 1.54) is 0 Å². The molecule has 0 aliphatic heterocycles. The lowest BCUT2D eigenvalue weighted by molar-refractivity contribution is 0.0652. The summed E-state index contributed by atoms with van der Waals surface area (Å²) in [6.45, 7) is 2.67. The van der Waals surface area contributed by atoms with E-state index in [0.29, 0.717) is 12.1 Å². The molecule has 1 heterocycles. The SMILES string of the molecule is CCC(c1ccccc1)N(Cc1ccccc1Br)C(=O)c1ccc2[nH]ccc2c1. The molecule has 3 nitrogen and oxygen atoms in total. The van der Waals surface area contributed by atoms with Crippen molar-refractivity contribution in [1.29, 1.82) is 0 Å². The molecular formula is C25H23BrN2O. The van der Waals surface area contributed by atoms with Crippen LogP contribution in [0, 0.1) is 0 Å². The normalized spacial score (nSPS) is 12.1. The summed E-state index contributed by atoms with van der Waals surface area (Å²) in [6, 6.07) is 26.2. The van der Waals surface area contributed by atoms with Crippen LogP contribution in [-0.2, 0) is 6.54 Å². The first-order valence-electron chi connectivity index (χ1n) is 9.84. The lowest BCUT2D eigenvalue weighted by atomic mass is 10.00. The first-order valence-corrected chi connectivity index (χ1v) is 10.6. The zero-order valence-electron chi connectivity index (χ0n) is 16.3.